The Morgan fingerprint density at radius 1 is 1.29 bits per heavy atom. The SMILES string of the molecule is CCC(NCC=C(C)C)c1ccc(Cl)c(Cl)c1. The van der Waals surface area contributed by atoms with Crippen molar-refractivity contribution in [3.63, 3.8) is 0 Å². The molecule has 0 fully saturated rings. The molecular formula is C14H19Cl2N. The normalized spacial score (nSPS) is 12.3. The lowest BCUT2D eigenvalue weighted by molar-refractivity contribution is 0.550. The van der Waals surface area contributed by atoms with E-state index in [1.807, 2.05) is 18.2 Å². The van der Waals surface area contributed by atoms with Gasteiger partial charge in [-0.3, -0.25) is 0 Å². The second-order valence-electron chi connectivity index (χ2n) is 4.32. The molecule has 1 aromatic rings. The molecule has 1 nitrogen and oxygen atoms in total. The lowest BCUT2D eigenvalue weighted by Crippen LogP contribution is -2.20. The van der Waals surface area contributed by atoms with E-state index in [0.29, 0.717) is 16.1 Å². The predicted octanol–water partition coefficient (Wildman–Crippen LogP) is 5.00. The van der Waals surface area contributed by atoms with Crippen LogP contribution in [0.25, 0.3) is 0 Å². The molecule has 1 atom stereocenters. The summed E-state index contributed by atoms with van der Waals surface area (Å²) >= 11 is 11.9. The third kappa shape index (κ3) is 4.71. The van der Waals surface area contributed by atoms with Crippen LogP contribution in [0.3, 0.4) is 0 Å². The number of benzene rings is 1. The zero-order valence-corrected chi connectivity index (χ0v) is 12.1. The summed E-state index contributed by atoms with van der Waals surface area (Å²) in [6.45, 7) is 7.23. The first-order valence-electron chi connectivity index (χ1n) is 5.86. The van der Waals surface area contributed by atoms with Crippen molar-refractivity contribution < 1.29 is 0 Å². The highest BCUT2D eigenvalue weighted by Gasteiger charge is 2.09. The van der Waals surface area contributed by atoms with Crippen LogP contribution in [-0.2, 0) is 0 Å². The fourth-order valence-corrected chi connectivity index (χ4v) is 1.94. The third-order valence-corrected chi connectivity index (χ3v) is 3.37. The molecule has 0 amide bonds. The minimum atomic E-state index is 0.320. The van der Waals surface area contributed by atoms with Crippen molar-refractivity contribution in [3.05, 3.63) is 45.5 Å². The van der Waals surface area contributed by atoms with Crippen LogP contribution >= 0.6 is 23.2 Å². The summed E-state index contributed by atoms with van der Waals surface area (Å²) in [5.74, 6) is 0. The largest absolute Gasteiger partial charge is 0.306 e. The van der Waals surface area contributed by atoms with Gasteiger partial charge in [0.1, 0.15) is 0 Å². The van der Waals surface area contributed by atoms with Gasteiger partial charge in [-0.25, -0.2) is 0 Å². The monoisotopic (exact) mass is 271 g/mol. The lowest BCUT2D eigenvalue weighted by atomic mass is 10.0. The van der Waals surface area contributed by atoms with Crippen LogP contribution in [0.2, 0.25) is 10.0 Å². The van der Waals surface area contributed by atoms with Gasteiger partial charge in [0.05, 0.1) is 10.0 Å². The maximum absolute atomic E-state index is 6.03. The number of halogens is 2. The van der Waals surface area contributed by atoms with Gasteiger partial charge in [-0.2, -0.15) is 0 Å². The van der Waals surface area contributed by atoms with Crippen LogP contribution < -0.4 is 5.32 Å². The van der Waals surface area contributed by atoms with E-state index in [1.165, 1.54) is 11.1 Å². The second kappa shape index (κ2) is 7.05. The van der Waals surface area contributed by atoms with Crippen molar-refractivity contribution in [2.75, 3.05) is 6.54 Å². The zero-order valence-electron chi connectivity index (χ0n) is 10.6. The fourth-order valence-electron chi connectivity index (χ4n) is 1.63. The van der Waals surface area contributed by atoms with Gasteiger partial charge in [0.15, 0.2) is 0 Å². The molecule has 94 valence electrons. The molecule has 0 heterocycles. The Hall–Kier alpha value is -0.500. The lowest BCUT2D eigenvalue weighted by Gasteiger charge is -2.17. The summed E-state index contributed by atoms with van der Waals surface area (Å²) in [4.78, 5) is 0. The van der Waals surface area contributed by atoms with Crippen molar-refractivity contribution in [1.29, 1.82) is 0 Å². The molecule has 0 saturated carbocycles. The van der Waals surface area contributed by atoms with E-state index >= 15 is 0 Å². The van der Waals surface area contributed by atoms with Crippen molar-refractivity contribution in [1.82, 2.24) is 5.32 Å². The van der Waals surface area contributed by atoms with Gasteiger partial charge in [0.2, 0.25) is 0 Å². The standard InChI is InChI=1S/C14H19Cl2N/c1-4-14(17-8-7-10(2)3)11-5-6-12(15)13(16)9-11/h5-7,9,14,17H,4,8H2,1-3H3. The highest BCUT2D eigenvalue weighted by molar-refractivity contribution is 6.42. The summed E-state index contributed by atoms with van der Waals surface area (Å²) in [5, 5.41) is 4.71. The summed E-state index contributed by atoms with van der Waals surface area (Å²) < 4.78 is 0. The first-order valence-corrected chi connectivity index (χ1v) is 6.62. The molecule has 0 saturated heterocycles. The molecule has 0 aliphatic rings. The summed E-state index contributed by atoms with van der Waals surface area (Å²) in [6, 6.07) is 6.14. The van der Waals surface area contributed by atoms with E-state index in [0.717, 1.165) is 13.0 Å². The predicted molar refractivity (Wildman–Crippen MR) is 76.9 cm³/mol. The highest BCUT2D eigenvalue weighted by Crippen LogP contribution is 2.26. The molecule has 1 N–H and O–H groups in total. The fraction of sp³-hybridized carbons (Fsp3) is 0.429. The van der Waals surface area contributed by atoms with Gasteiger partial charge in [0, 0.05) is 12.6 Å². The highest BCUT2D eigenvalue weighted by atomic mass is 35.5. The quantitative estimate of drug-likeness (QED) is 0.744. The summed E-state index contributed by atoms with van der Waals surface area (Å²) in [5.41, 5.74) is 2.51. The van der Waals surface area contributed by atoms with Crippen LogP contribution in [0.1, 0.15) is 38.8 Å². The summed E-state index contributed by atoms with van der Waals surface area (Å²) in [6.07, 6.45) is 3.20. The van der Waals surface area contributed by atoms with E-state index < -0.39 is 0 Å². The van der Waals surface area contributed by atoms with Crippen LogP contribution in [0.15, 0.2) is 29.8 Å². The molecule has 1 unspecified atom stereocenters. The van der Waals surface area contributed by atoms with Crippen LogP contribution in [0.5, 0.6) is 0 Å². The van der Waals surface area contributed by atoms with Gasteiger partial charge < -0.3 is 5.32 Å². The Kier molecular flexibility index (Phi) is 6.04. The Bertz CT molecular complexity index is 395. The first kappa shape index (κ1) is 14.6. The molecule has 0 bridgehead atoms. The topological polar surface area (TPSA) is 12.0 Å². The van der Waals surface area contributed by atoms with Crippen molar-refractivity contribution in [3.8, 4) is 0 Å². The van der Waals surface area contributed by atoms with Crippen molar-refractivity contribution >= 4 is 23.2 Å². The molecule has 0 radical (unpaired) electrons. The molecule has 0 aliphatic heterocycles. The average Bonchev–Trinajstić information content (AvgIpc) is 2.28. The third-order valence-electron chi connectivity index (χ3n) is 2.63. The first-order chi connectivity index (χ1) is 8.04. The second-order valence-corrected chi connectivity index (χ2v) is 5.14. The molecular weight excluding hydrogens is 253 g/mol. The van der Waals surface area contributed by atoms with Gasteiger partial charge in [-0.1, -0.05) is 47.8 Å². The zero-order chi connectivity index (χ0) is 12.8. The smallest absolute Gasteiger partial charge is 0.0595 e. The van der Waals surface area contributed by atoms with E-state index in [-0.39, 0.29) is 0 Å². The molecule has 0 aromatic heterocycles. The molecule has 1 rings (SSSR count). The molecule has 0 aliphatic carbocycles. The van der Waals surface area contributed by atoms with Gasteiger partial charge in [-0.15, -0.1) is 0 Å². The molecule has 17 heavy (non-hydrogen) atoms. The maximum atomic E-state index is 6.03. The van der Waals surface area contributed by atoms with E-state index in [1.54, 1.807) is 0 Å². The van der Waals surface area contributed by atoms with Crippen LogP contribution in [0.4, 0.5) is 0 Å². The number of hydrogen-bond donors (Lipinski definition) is 1. The summed E-state index contributed by atoms with van der Waals surface area (Å²) in [7, 11) is 0. The van der Waals surface area contributed by atoms with Crippen molar-refractivity contribution in [2.45, 2.75) is 33.2 Å². The van der Waals surface area contributed by atoms with Crippen LogP contribution in [0, 0.1) is 0 Å². The molecule has 0 spiro atoms. The maximum Gasteiger partial charge on any atom is 0.0595 e. The van der Waals surface area contributed by atoms with Crippen molar-refractivity contribution in [2.24, 2.45) is 0 Å². The minimum absolute atomic E-state index is 0.320. The van der Waals surface area contributed by atoms with Gasteiger partial charge in [0.25, 0.3) is 0 Å². The average molecular weight is 272 g/mol. The van der Waals surface area contributed by atoms with Crippen LogP contribution in [-0.4, -0.2) is 6.54 Å². The number of nitrogens with one attached hydrogen (secondary N) is 1. The minimum Gasteiger partial charge on any atom is -0.306 e. The Balaban J connectivity index is 2.72. The van der Waals surface area contributed by atoms with Gasteiger partial charge >= 0.3 is 0 Å². The number of hydrogen-bond acceptors (Lipinski definition) is 1. The molecule has 3 heteroatoms. The van der Waals surface area contributed by atoms with E-state index in [4.69, 9.17) is 23.2 Å². The number of allylic oxidation sites excluding steroid dienone is 1. The Morgan fingerprint density at radius 3 is 2.53 bits per heavy atom. The molecule has 1 aromatic carbocycles. The Labute approximate surface area is 114 Å². The van der Waals surface area contributed by atoms with E-state index in [2.05, 4.69) is 32.2 Å². The van der Waals surface area contributed by atoms with Gasteiger partial charge in [-0.05, 0) is 38.0 Å². The van der Waals surface area contributed by atoms with E-state index in [9.17, 15) is 0 Å². The number of rotatable bonds is 5. The Morgan fingerprint density at radius 2 is 2.00 bits per heavy atom.